The van der Waals surface area contributed by atoms with Gasteiger partial charge in [-0.25, -0.2) is 8.42 Å². The maximum atomic E-state index is 12.9. The van der Waals surface area contributed by atoms with Gasteiger partial charge in [-0.2, -0.15) is 0 Å². The van der Waals surface area contributed by atoms with Crippen LogP contribution in [0.5, 0.6) is 0 Å². The second-order valence-electron chi connectivity index (χ2n) is 7.07. The van der Waals surface area contributed by atoms with Crippen molar-refractivity contribution in [2.45, 2.75) is 37.7 Å². The Morgan fingerprint density at radius 1 is 1.24 bits per heavy atom. The van der Waals surface area contributed by atoms with Crippen LogP contribution in [0.4, 0.5) is 0 Å². The molecule has 0 aliphatic heterocycles. The highest BCUT2D eigenvalue weighted by Gasteiger charge is 2.38. The average Bonchev–Trinajstić information content (AvgIpc) is 2.61. The number of rotatable bonds is 6. The van der Waals surface area contributed by atoms with Crippen molar-refractivity contribution in [1.82, 2.24) is 4.90 Å². The van der Waals surface area contributed by atoms with Crippen LogP contribution in [-0.4, -0.2) is 56.9 Å². The summed E-state index contributed by atoms with van der Waals surface area (Å²) in [6.07, 6.45) is 1.72. The van der Waals surface area contributed by atoms with Gasteiger partial charge in [0.1, 0.15) is 18.4 Å². The Bertz CT molecular complexity index is 969. The molecule has 8 nitrogen and oxygen atoms in total. The summed E-state index contributed by atoms with van der Waals surface area (Å²) in [4.78, 5) is 43.9. The smallest absolute Gasteiger partial charge is 0.182 e. The molecule has 158 valence electrons. The number of oxime groups is 1. The number of hydrogen-bond acceptors (Lipinski definition) is 7. The molecule has 0 atom stereocenters. The van der Waals surface area contributed by atoms with E-state index in [1.54, 1.807) is 25.9 Å². The first-order valence-electron chi connectivity index (χ1n) is 8.90. The minimum Gasteiger partial charge on any atom is -0.389 e. The summed E-state index contributed by atoms with van der Waals surface area (Å²) in [7, 11) is -0.163. The number of amidine groups is 1. The molecule has 29 heavy (non-hydrogen) atoms. The van der Waals surface area contributed by atoms with Gasteiger partial charge in [0.2, 0.25) is 0 Å². The Morgan fingerprint density at radius 3 is 2.34 bits per heavy atom. The van der Waals surface area contributed by atoms with Crippen molar-refractivity contribution in [3.8, 4) is 0 Å². The minimum absolute atomic E-state index is 0.0473. The SMILES string of the molecule is CC(=NOCc1c(S(C)(=O)=O)ccc(C(=O)C2C(=O)CCCC2=O)c1Cl)N(C)C. The Morgan fingerprint density at radius 2 is 1.83 bits per heavy atom. The van der Waals surface area contributed by atoms with Crippen LogP contribution in [0, 0.1) is 5.92 Å². The lowest BCUT2D eigenvalue weighted by atomic mass is 9.81. The summed E-state index contributed by atoms with van der Waals surface area (Å²) in [6, 6.07) is 2.46. The molecule has 0 amide bonds. The van der Waals surface area contributed by atoms with Gasteiger partial charge in [0.25, 0.3) is 0 Å². The largest absolute Gasteiger partial charge is 0.389 e. The number of nitrogens with zero attached hydrogens (tertiary/aromatic N) is 2. The standard InChI is InChI=1S/C19H23ClN2O6S/c1-11(22(2)3)21-28-10-13-16(29(4,26)27)9-8-12(18(13)20)19(25)17-14(23)6-5-7-15(17)24/h8-9,17H,5-7,10H2,1-4H3. The molecule has 2 rings (SSSR count). The van der Waals surface area contributed by atoms with Crippen LogP contribution in [0.25, 0.3) is 0 Å². The van der Waals surface area contributed by atoms with E-state index in [9.17, 15) is 22.8 Å². The van der Waals surface area contributed by atoms with E-state index in [4.69, 9.17) is 16.4 Å². The maximum absolute atomic E-state index is 12.9. The number of ketones is 3. The topological polar surface area (TPSA) is 110 Å². The van der Waals surface area contributed by atoms with Gasteiger partial charge in [0, 0.05) is 44.3 Å². The van der Waals surface area contributed by atoms with Crippen molar-refractivity contribution in [1.29, 1.82) is 0 Å². The molecule has 1 fully saturated rings. The molecule has 10 heteroatoms. The summed E-state index contributed by atoms with van der Waals surface area (Å²) in [5.41, 5.74) is -0.0365. The highest BCUT2D eigenvalue weighted by atomic mass is 35.5. The second-order valence-corrected chi connectivity index (χ2v) is 9.43. The molecule has 1 aliphatic rings. The number of carbonyl (C=O) groups excluding carboxylic acids is 3. The van der Waals surface area contributed by atoms with Crippen molar-refractivity contribution in [3.63, 3.8) is 0 Å². The van der Waals surface area contributed by atoms with Gasteiger partial charge in [0.05, 0.1) is 9.92 Å². The van der Waals surface area contributed by atoms with Gasteiger partial charge < -0.3 is 9.74 Å². The fourth-order valence-electron chi connectivity index (χ4n) is 2.90. The number of Topliss-reactive ketones (excluding diaryl/α,β-unsaturated/α-hetero) is 3. The fourth-order valence-corrected chi connectivity index (χ4v) is 4.19. The third-order valence-electron chi connectivity index (χ3n) is 4.67. The van der Waals surface area contributed by atoms with E-state index in [0.717, 1.165) is 6.26 Å². The molecular formula is C19H23ClN2O6S. The zero-order valence-corrected chi connectivity index (χ0v) is 18.3. The number of hydrogen-bond donors (Lipinski definition) is 0. The molecular weight excluding hydrogens is 420 g/mol. The van der Waals surface area contributed by atoms with Crippen LogP contribution in [-0.2, 0) is 30.9 Å². The Labute approximate surface area is 174 Å². The summed E-state index contributed by atoms with van der Waals surface area (Å²) < 4.78 is 24.3. The molecule has 1 aliphatic carbocycles. The van der Waals surface area contributed by atoms with Crippen LogP contribution in [0.2, 0.25) is 5.02 Å². The normalized spacial score (nSPS) is 16.1. The fraction of sp³-hybridized carbons (Fsp3) is 0.474. The lowest BCUT2D eigenvalue weighted by Gasteiger charge is -2.20. The monoisotopic (exact) mass is 442 g/mol. The van der Waals surface area contributed by atoms with E-state index in [2.05, 4.69) is 5.16 Å². The first-order valence-corrected chi connectivity index (χ1v) is 11.2. The lowest BCUT2D eigenvalue weighted by molar-refractivity contribution is -0.133. The Balaban J connectivity index is 2.48. The number of halogens is 1. The molecule has 0 radical (unpaired) electrons. The van der Waals surface area contributed by atoms with E-state index in [-0.39, 0.29) is 40.5 Å². The summed E-state index contributed by atoms with van der Waals surface area (Å²) in [5, 5.41) is 3.70. The van der Waals surface area contributed by atoms with Crippen LogP contribution in [0.3, 0.4) is 0 Å². The summed E-state index contributed by atoms with van der Waals surface area (Å²) in [5.74, 6) is -2.48. The van der Waals surface area contributed by atoms with E-state index in [1.807, 2.05) is 0 Å². The van der Waals surface area contributed by atoms with E-state index < -0.39 is 33.1 Å². The molecule has 1 aromatic carbocycles. The molecule has 0 unspecified atom stereocenters. The van der Waals surface area contributed by atoms with E-state index in [0.29, 0.717) is 12.3 Å². The number of benzene rings is 1. The van der Waals surface area contributed by atoms with Gasteiger partial charge in [-0.05, 0) is 25.5 Å². The number of carbonyl (C=O) groups is 3. The average molecular weight is 443 g/mol. The van der Waals surface area contributed by atoms with Crippen molar-refractivity contribution in [2.75, 3.05) is 20.4 Å². The quantitative estimate of drug-likeness (QED) is 0.218. The molecule has 0 spiro atoms. The molecule has 0 bridgehead atoms. The van der Waals surface area contributed by atoms with Crippen molar-refractivity contribution < 1.29 is 27.6 Å². The summed E-state index contributed by atoms with van der Waals surface area (Å²) >= 11 is 6.36. The van der Waals surface area contributed by atoms with Gasteiger partial charge in [-0.1, -0.05) is 16.8 Å². The first kappa shape index (κ1) is 23.0. The van der Waals surface area contributed by atoms with Crippen LogP contribution >= 0.6 is 11.6 Å². The Kier molecular flexibility index (Phi) is 7.18. The number of sulfone groups is 1. The Hall–Kier alpha value is -2.26. The van der Waals surface area contributed by atoms with E-state index >= 15 is 0 Å². The molecule has 0 heterocycles. The van der Waals surface area contributed by atoms with Crippen LogP contribution < -0.4 is 0 Å². The third kappa shape index (κ3) is 5.22. The van der Waals surface area contributed by atoms with Crippen molar-refractivity contribution in [2.24, 2.45) is 11.1 Å². The van der Waals surface area contributed by atoms with E-state index in [1.165, 1.54) is 12.1 Å². The highest BCUT2D eigenvalue weighted by molar-refractivity contribution is 7.90. The first-order chi connectivity index (χ1) is 13.4. The van der Waals surface area contributed by atoms with Crippen LogP contribution in [0.1, 0.15) is 42.1 Å². The minimum atomic E-state index is -3.68. The summed E-state index contributed by atoms with van der Waals surface area (Å²) in [6.45, 7) is 1.39. The predicted molar refractivity (Wildman–Crippen MR) is 108 cm³/mol. The van der Waals surface area contributed by atoms with Crippen molar-refractivity contribution in [3.05, 3.63) is 28.3 Å². The van der Waals surface area contributed by atoms with Gasteiger partial charge in [-0.3, -0.25) is 14.4 Å². The second kappa shape index (κ2) is 9.04. The highest BCUT2D eigenvalue weighted by Crippen LogP contribution is 2.32. The van der Waals surface area contributed by atoms with Gasteiger partial charge in [-0.15, -0.1) is 0 Å². The van der Waals surface area contributed by atoms with Crippen molar-refractivity contribution >= 4 is 44.6 Å². The molecule has 0 aromatic heterocycles. The third-order valence-corrected chi connectivity index (χ3v) is 6.28. The molecule has 1 saturated carbocycles. The maximum Gasteiger partial charge on any atom is 0.182 e. The van der Waals surface area contributed by atoms with Gasteiger partial charge in [0.15, 0.2) is 27.2 Å². The zero-order valence-electron chi connectivity index (χ0n) is 16.7. The molecule has 0 N–H and O–H groups in total. The lowest BCUT2D eigenvalue weighted by Crippen LogP contribution is -2.35. The molecule has 0 saturated heterocycles. The zero-order chi connectivity index (χ0) is 21.9. The van der Waals surface area contributed by atoms with Gasteiger partial charge >= 0.3 is 0 Å². The molecule has 1 aromatic rings. The predicted octanol–water partition coefficient (Wildman–Crippen LogP) is 2.28. The van der Waals surface area contributed by atoms with Crippen LogP contribution in [0.15, 0.2) is 22.2 Å².